The number of nitrogens with zero attached hydrogens (tertiary/aromatic N) is 2. The fourth-order valence-electron chi connectivity index (χ4n) is 3.72. The lowest BCUT2D eigenvalue weighted by Gasteiger charge is -2.41. The fraction of sp³-hybridized carbons (Fsp3) is 0.875. The zero-order valence-electron chi connectivity index (χ0n) is 13.1. The van der Waals surface area contributed by atoms with Gasteiger partial charge in [-0.25, -0.2) is 4.79 Å². The largest absolute Gasteiger partial charge is 0.481 e. The standard InChI is InChI=1S/C16H28N2O3/c1-2-6-14-8-3-4-10-18(14)16(21)17-9-5-7-13(12-17)11-15(19)20/h13-14H,2-12H2,1H3,(H,19,20). The number of urea groups is 1. The third-order valence-electron chi connectivity index (χ3n) is 4.75. The first-order valence-corrected chi connectivity index (χ1v) is 8.39. The number of carbonyl (C=O) groups excluding carboxylic acids is 1. The van der Waals surface area contributed by atoms with E-state index in [0.29, 0.717) is 12.6 Å². The second kappa shape index (κ2) is 7.66. The van der Waals surface area contributed by atoms with E-state index in [0.717, 1.165) is 51.6 Å². The van der Waals surface area contributed by atoms with Crippen molar-refractivity contribution in [3.05, 3.63) is 0 Å². The van der Waals surface area contributed by atoms with Crippen molar-refractivity contribution in [1.82, 2.24) is 9.80 Å². The van der Waals surface area contributed by atoms with Crippen LogP contribution in [0.5, 0.6) is 0 Å². The van der Waals surface area contributed by atoms with Crippen LogP contribution >= 0.6 is 0 Å². The quantitative estimate of drug-likeness (QED) is 0.867. The molecule has 2 saturated heterocycles. The van der Waals surface area contributed by atoms with E-state index in [9.17, 15) is 9.59 Å². The first-order chi connectivity index (χ1) is 10.1. The minimum Gasteiger partial charge on any atom is -0.481 e. The summed E-state index contributed by atoms with van der Waals surface area (Å²) >= 11 is 0. The first kappa shape index (κ1) is 16.1. The minimum atomic E-state index is -0.754. The summed E-state index contributed by atoms with van der Waals surface area (Å²) in [6.45, 7) is 4.43. The number of carboxylic acids is 1. The van der Waals surface area contributed by atoms with E-state index in [4.69, 9.17) is 5.11 Å². The van der Waals surface area contributed by atoms with Crippen molar-refractivity contribution < 1.29 is 14.7 Å². The number of rotatable bonds is 4. The molecule has 5 heteroatoms. The molecule has 5 nitrogen and oxygen atoms in total. The van der Waals surface area contributed by atoms with Crippen molar-refractivity contribution in [3.63, 3.8) is 0 Å². The van der Waals surface area contributed by atoms with Crippen molar-refractivity contribution in [1.29, 1.82) is 0 Å². The van der Waals surface area contributed by atoms with E-state index in [2.05, 4.69) is 11.8 Å². The summed E-state index contributed by atoms with van der Waals surface area (Å²) in [7, 11) is 0. The molecule has 0 bridgehead atoms. The van der Waals surface area contributed by atoms with Crippen LogP contribution in [0.15, 0.2) is 0 Å². The van der Waals surface area contributed by atoms with E-state index in [1.807, 2.05) is 4.90 Å². The summed E-state index contributed by atoms with van der Waals surface area (Å²) in [5.41, 5.74) is 0. The Bertz CT molecular complexity index is 371. The third-order valence-corrected chi connectivity index (χ3v) is 4.75. The average molecular weight is 296 g/mol. The number of carboxylic acid groups (broad SMARTS) is 1. The van der Waals surface area contributed by atoms with Crippen LogP contribution in [0.4, 0.5) is 4.79 Å². The van der Waals surface area contributed by atoms with Crippen LogP contribution in [0.25, 0.3) is 0 Å². The van der Waals surface area contributed by atoms with E-state index in [1.165, 1.54) is 6.42 Å². The predicted octanol–water partition coefficient (Wildman–Crippen LogP) is 2.95. The summed E-state index contributed by atoms with van der Waals surface area (Å²) in [4.78, 5) is 27.6. The number of carbonyl (C=O) groups is 2. The summed E-state index contributed by atoms with van der Waals surface area (Å²) < 4.78 is 0. The summed E-state index contributed by atoms with van der Waals surface area (Å²) in [5, 5.41) is 8.94. The Labute approximate surface area is 127 Å². The van der Waals surface area contributed by atoms with Crippen molar-refractivity contribution in [2.24, 2.45) is 5.92 Å². The number of aliphatic carboxylic acids is 1. The molecule has 2 heterocycles. The zero-order valence-corrected chi connectivity index (χ0v) is 13.1. The van der Waals surface area contributed by atoms with E-state index < -0.39 is 5.97 Å². The lowest BCUT2D eigenvalue weighted by molar-refractivity contribution is -0.138. The molecule has 2 aliphatic heterocycles. The number of hydrogen-bond donors (Lipinski definition) is 1. The molecule has 2 rings (SSSR count). The Morgan fingerprint density at radius 3 is 2.67 bits per heavy atom. The van der Waals surface area contributed by atoms with Gasteiger partial charge >= 0.3 is 12.0 Å². The van der Waals surface area contributed by atoms with Gasteiger partial charge in [-0.15, -0.1) is 0 Å². The molecule has 2 amide bonds. The zero-order chi connectivity index (χ0) is 15.2. The topological polar surface area (TPSA) is 60.9 Å². The van der Waals surface area contributed by atoms with E-state index in [-0.39, 0.29) is 18.4 Å². The smallest absolute Gasteiger partial charge is 0.320 e. The number of amides is 2. The summed E-state index contributed by atoms with van der Waals surface area (Å²) in [6, 6.07) is 0.527. The van der Waals surface area contributed by atoms with Crippen molar-refractivity contribution in [3.8, 4) is 0 Å². The van der Waals surface area contributed by atoms with Crippen LogP contribution < -0.4 is 0 Å². The lowest BCUT2D eigenvalue weighted by atomic mass is 9.94. The fourth-order valence-corrected chi connectivity index (χ4v) is 3.72. The molecule has 0 radical (unpaired) electrons. The molecule has 0 aliphatic carbocycles. The molecule has 0 aromatic rings. The molecule has 21 heavy (non-hydrogen) atoms. The van der Waals surface area contributed by atoms with Crippen LogP contribution in [0.1, 0.15) is 58.3 Å². The molecule has 120 valence electrons. The Morgan fingerprint density at radius 1 is 1.14 bits per heavy atom. The highest BCUT2D eigenvalue weighted by Gasteiger charge is 2.32. The molecule has 0 aromatic heterocycles. The lowest BCUT2D eigenvalue weighted by Crippen LogP contribution is -2.52. The Kier molecular flexibility index (Phi) is 5.88. The van der Waals surface area contributed by atoms with E-state index >= 15 is 0 Å². The molecule has 1 N–H and O–H groups in total. The molecule has 0 saturated carbocycles. The van der Waals surface area contributed by atoms with Gasteiger partial charge in [-0.3, -0.25) is 4.79 Å². The Hall–Kier alpha value is -1.26. The number of piperidine rings is 2. The predicted molar refractivity (Wildman–Crippen MR) is 81.2 cm³/mol. The van der Waals surface area contributed by atoms with Crippen molar-refractivity contribution in [2.75, 3.05) is 19.6 Å². The maximum Gasteiger partial charge on any atom is 0.320 e. The number of hydrogen-bond acceptors (Lipinski definition) is 2. The van der Waals surface area contributed by atoms with Crippen LogP contribution in [-0.4, -0.2) is 52.6 Å². The molecule has 0 aromatic carbocycles. The van der Waals surface area contributed by atoms with Crippen LogP contribution in [-0.2, 0) is 4.79 Å². The molecule has 2 aliphatic rings. The van der Waals surface area contributed by atoms with E-state index in [1.54, 1.807) is 0 Å². The molecule has 2 unspecified atom stereocenters. The van der Waals surface area contributed by atoms with Gasteiger partial charge in [0.2, 0.25) is 0 Å². The van der Waals surface area contributed by atoms with Gasteiger partial charge in [-0.2, -0.15) is 0 Å². The highest BCUT2D eigenvalue weighted by Crippen LogP contribution is 2.25. The monoisotopic (exact) mass is 296 g/mol. The van der Waals surface area contributed by atoms with Gasteiger partial charge in [0.05, 0.1) is 0 Å². The first-order valence-electron chi connectivity index (χ1n) is 8.39. The van der Waals surface area contributed by atoms with Gasteiger partial charge in [0.15, 0.2) is 0 Å². The van der Waals surface area contributed by atoms with Crippen LogP contribution in [0.3, 0.4) is 0 Å². The highest BCUT2D eigenvalue weighted by molar-refractivity contribution is 5.75. The molecule has 0 spiro atoms. The van der Waals surface area contributed by atoms with Gasteiger partial charge < -0.3 is 14.9 Å². The minimum absolute atomic E-state index is 0.120. The average Bonchev–Trinajstić information content (AvgIpc) is 2.47. The normalized spacial score (nSPS) is 26.7. The summed E-state index contributed by atoms with van der Waals surface area (Å²) in [5.74, 6) is -0.634. The molecule has 2 fully saturated rings. The Morgan fingerprint density at radius 2 is 1.95 bits per heavy atom. The molecular formula is C16H28N2O3. The maximum atomic E-state index is 12.8. The van der Waals surface area contributed by atoms with Gasteiger partial charge in [0.25, 0.3) is 0 Å². The molecular weight excluding hydrogens is 268 g/mol. The molecule has 2 atom stereocenters. The van der Waals surface area contributed by atoms with Gasteiger partial charge in [-0.1, -0.05) is 13.3 Å². The maximum absolute atomic E-state index is 12.8. The van der Waals surface area contributed by atoms with Gasteiger partial charge in [0, 0.05) is 32.1 Å². The van der Waals surface area contributed by atoms with Crippen molar-refractivity contribution >= 4 is 12.0 Å². The number of likely N-dealkylation sites (tertiary alicyclic amines) is 2. The van der Waals surface area contributed by atoms with Gasteiger partial charge in [0.1, 0.15) is 0 Å². The highest BCUT2D eigenvalue weighted by atomic mass is 16.4. The second-order valence-electron chi connectivity index (χ2n) is 6.47. The van der Waals surface area contributed by atoms with Gasteiger partial charge in [-0.05, 0) is 44.4 Å². The third kappa shape index (κ3) is 4.35. The summed E-state index contributed by atoms with van der Waals surface area (Å²) in [6.07, 6.45) is 7.65. The van der Waals surface area contributed by atoms with Crippen molar-refractivity contribution in [2.45, 2.75) is 64.3 Å². The Balaban J connectivity index is 1.95. The SMILES string of the molecule is CCCC1CCCCN1C(=O)N1CCCC(CC(=O)O)C1. The van der Waals surface area contributed by atoms with Crippen LogP contribution in [0, 0.1) is 5.92 Å². The van der Waals surface area contributed by atoms with Crippen LogP contribution in [0.2, 0.25) is 0 Å². The second-order valence-corrected chi connectivity index (χ2v) is 6.47.